The molecule has 0 amide bonds. The number of allylic oxidation sites excluding steroid dienone is 2. The van der Waals surface area contributed by atoms with E-state index in [0.717, 1.165) is 16.0 Å². The van der Waals surface area contributed by atoms with Crippen molar-refractivity contribution < 1.29 is 0 Å². The van der Waals surface area contributed by atoms with Gasteiger partial charge in [0.25, 0.3) is 0 Å². The highest BCUT2D eigenvalue weighted by Crippen LogP contribution is 2.34. The number of nitrogens with zero attached hydrogens (tertiary/aromatic N) is 1. The van der Waals surface area contributed by atoms with E-state index in [9.17, 15) is 0 Å². The molecule has 0 aromatic heterocycles. The minimum atomic E-state index is 0.725. The minimum Gasteiger partial charge on any atom is -0.264 e. The van der Waals surface area contributed by atoms with Crippen LogP contribution in [0.5, 0.6) is 0 Å². The number of aliphatic imine (C=N–C) groups is 1. The minimum absolute atomic E-state index is 0.725. The summed E-state index contributed by atoms with van der Waals surface area (Å²) in [5.41, 5.74) is 1.16. The summed E-state index contributed by atoms with van der Waals surface area (Å²) in [6.07, 6.45) is 6.22. The molecule has 0 aromatic carbocycles. The molecule has 0 aliphatic heterocycles. The van der Waals surface area contributed by atoms with Gasteiger partial charge in [-0.3, -0.25) is 4.99 Å². The van der Waals surface area contributed by atoms with Gasteiger partial charge in [0.2, 0.25) is 0 Å². The molecule has 60 valence electrons. The van der Waals surface area contributed by atoms with Gasteiger partial charge in [-0.2, -0.15) is 0 Å². The highest BCUT2D eigenvalue weighted by atomic mass is 79.9. The standard InChI is InChI=1S/C9H12BrN/c1-7(9-3-4-9)5-11-6-8(2)10/h5-6,9H,1,3-4H2,2H3/b8-6+,11-5-. The monoisotopic (exact) mass is 213 g/mol. The smallest absolute Gasteiger partial charge is 0.0366 e. The molecule has 0 bridgehead atoms. The van der Waals surface area contributed by atoms with Crippen LogP contribution in [0, 0.1) is 5.92 Å². The zero-order chi connectivity index (χ0) is 8.27. The van der Waals surface area contributed by atoms with Gasteiger partial charge in [0, 0.05) is 16.9 Å². The summed E-state index contributed by atoms with van der Waals surface area (Å²) in [5, 5.41) is 0. The summed E-state index contributed by atoms with van der Waals surface area (Å²) in [6.45, 7) is 5.88. The summed E-state index contributed by atoms with van der Waals surface area (Å²) in [5.74, 6) is 0.725. The van der Waals surface area contributed by atoms with Crippen molar-refractivity contribution in [2.45, 2.75) is 19.8 Å². The van der Waals surface area contributed by atoms with Crippen molar-refractivity contribution in [3.8, 4) is 0 Å². The first-order valence-corrected chi connectivity index (χ1v) is 4.53. The average Bonchev–Trinajstić information content (AvgIpc) is 2.66. The second-order valence-corrected chi connectivity index (χ2v) is 4.09. The van der Waals surface area contributed by atoms with Crippen LogP contribution in [-0.2, 0) is 0 Å². The fourth-order valence-corrected chi connectivity index (χ4v) is 0.913. The van der Waals surface area contributed by atoms with Gasteiger partial charge in [-0.25, -0.2) is 0 Å². The first kappa shape index (κ1) is 8.72. The molecule has 0 N–H and O–H groups in total. The van der Waals surface area contributed by atoms with Gasteiger partial charge < -0.3 is 0 Å². The molecule has 1 fully saturated rings. The molecule has 0 spiro atoms. The van der Waals surface area contributed by atoms with Crippen molar-refractivity contribution in [2.24, 2.45) is 10.9 Å². The van der Waals surface area contributed by atoms with Crippen LogP contribution in [0.25, 0.3) is 0 Å². The van der Waals surface area contributed by atoms with Crippen molar-refractivity contribution in [2.75, 3.05) is 0 Å². The predicted octanol–water partition coefficient (Wildman–Crippen LogP) is 3.28. The van der Waals surface area contributed by atoms with Crippen molar-refractivity contribution >= 4 is 22.1 Å². The lowest BCUT2D eigenvalue weighted by Crippen LogP contribution is -1.82. The Kier molecular flexibility index (Phi) is 3.06. The van der Waals surface area contributed by atoms with Crippen LogP contribution in [0.3, 0.4) is 0 Å². The Hall–Kier alpha value is -0.370. The zero-order valence-electron chi connectivity index (χ0n) is 6.68. The number of rotatable bonds is 3. The molecule has 1 aliphatic carbocycles. The molecule has 0 aromatic rings. The van der Waals surface area contributed by atoms with Gasteiger partial charge >= 0.3 is 0 Å². The predicted molar refractivity (Wildman–Crippen MR) is 53.0 cm³/mol. The van der Waals surface area contributed by atoms with Crippen molar-refractivity contribution in [3.05, 3.63) is 22.8 Å². The fourth-order valence-electron chi connectivity index (χ4n) is 0.795. The van der Waals surface area contributed by atoms with Crippen LogP contribution in [0.2, 0.25) is 0 Å². The SMILES string of the molecule is C=C(/C=N\C=C(/C)Br)C1CC1. The molecule has 0 unspecified atom stereocenters. The van der Waals surface area contributed by atoms with Crippen LogP contribution >= 0.6 is 15.9 Å². The molecule has 0 radical (unpaired) electrons. The molecule has 0 heterocycles. The summed E-state index contributed by atoms with van der Waals surface area (Å²) < 4.78 is 1.04. The maximum absolute atomic E-state index is 4.10. The van der Waals surface area contributed by atoms with E-state index in [1.54, 1.807) is 6.20 Å². The Morgan fingerprint density at radius 3 is 2.73 bits per heavy atom. The average molecular weight is 214 g/mol. The van der Waals surface area contributed by atoms with Crippen LogP contribution < -0.4 is 0 Å². The van der Waals surface area contributed by atoms with E-state index in [2.05, 4.69) is 27.5 Å². The van der Waals surface area contributed by atoms with Crippen LogP contribution in [-0.4, -0.2) is 6.21 Å². The molecule has 1 saturated carbocycles. The summed E-state index contributed by atoms with van der Waals surface area (Å²) in [6, 6.07) is 0. The van der Waals surface area contributed by atoms with Gasteiger partial charge in [0.05, 0.1) is 0 Å². The van der Waals surface area contributed by atoms with Crippen LogP contribution in [0.1, 0.15) is 19.8 Å². The molecular weight excluding hydrogens is 202 g/mol. The highest BCUT2D eigenvalue weighted by molar-refractivity contribution is 9.11. The second kappa shape index (κ2) is 3.86. The molecule has 1 nitrogen and oxygen atoms in total. The molecule has 2 heteroatoms. The van der Waals surface area contributed by atoms with Crippen molar-refractivity contribution in [1.29, 1.82) is 0 Å². The first-order valence-electron chi connectivity index (χ1n) is 3.74. The number of hydrogen-bond donors (Lipinski definition) is 0. The third-order valence-corrected chi connectivity index (χ3v) is 1.80. The third-order valence-electron chi connectivity index (χ3n) is 1.59. The Bertz CT molecular complexity index is 208. The lowest BCUT2D eigenvalue weighted by molar-refractivity contribution is 1.09. The van der Waals surface area contributed by atoms with E-state index in [4.69, 9.17) is 0 Å². The Labute approximate surface area is 76.0 Å². The molecule has 1 aliphatic rings. The largest absolute Gasteiger partial charge is 0.264 e. The molecule has 11 heavy (non-hydrogen) atoms. The Morgan fingerprint density at radius 2 is 2.27 bits per heavy atom. The second-order valence-electron chi connectivity index (χ2n) is 2.84. The van der Waals surface area contributed by atoms with E-state index >= 15 is 0 Å². The van der Waals surface area contributed by atoms with E-state index in [1.807, 2.05) is 13.1 Å². The number of halogens is 1. The normalized spacial score (nSPS) is 19.3. The maximum Gasteiger partial charge on any atom is 0.0366 e. The Morgan fingerprint density at radius 1 is 1.64 bits per heavy atom. The van der Waals surface area contributed by atoms with Crippen molar-refractivity contribution in [3.63, 3.8) is 0 Å². The quantitative estimate of drug-likeness (QED) is 0.639. The third kappa shape index (κ3) is 3.51. The van der Waals surface area contributed by atoms with Crippen molar-refractivity contribution in [1.82, 2.24) is 0 Å². The van der Waals surface area contributed by atoms with E-state index in [0.29, 0.717) is 0 Å². The molecular formula is C9H12BrN. The molecule has 1 rings (SSSR count). The van der Waals surface area contributed by atoms with Gasteiger partial charge in [0.15, 0.2) is 0 Å². The summed E-state index contributed by atoms with van der Waals surface area (Å²) >= 11 is 3.29. The highest BCUT2D eigenvalue weighted by Gasteiger charge is 2.22. The molecule has 0 atom stereocenters. The fraction of sp³-hybridized carbons (Fsp3) is 0.444. The van der Waals surface area contributed by atoms with Gasteiger partial charge in [-0.1, -0.05) is 22.5 Å². The van der Waals surface area contributed by atoms with Gasteiger partial charge in [-0.05, 0) is 31.3 Å². The van der Waals surface area contributed by atoms with E-state index < -0.39 is 0 Å². The van der Waals surface area contributed by atoms with E-state index in [-0.39, 0.29) is 0 Å². The van der Waals surface area contributed by atoms with Crippen LogP contribution in [0.15, 0.2) is 27.8 Å². The number of hydrogen-bond acceptors (Lipinski definition) is 1. The lowest BCUT2D eigenvalue weighted by atomic mass is 10.2. The van der Waals surface area contributed by atoms with Gasteiger partial charge in [-0.15, -0.1) is 0 Å². The van der Waals surface area contributed by atoms with Crippen LogP contribution in [0.4, 0.5) is 0 Å². The lowest BCUT2D eigenvalue weighted by Gasteiger charge is -1.90. The Balaban J connectivity index is 2.34. The van der Waals surface area contributed by atoms with Gasteiger partial charge in [0.1, 0.15) is 0 Å². The maximum atomic E-state index is 4.10. The molecule has 0 saturated heterocycles. The topological polar surface area (TPSA) is 12.4 Å². The zero-order valence-corrected chi connectivity index (χ0v) is 8.26. The van der Waals surface area contributed by atoms with E-state index in [1.165, 1.54) is 12.8 Å². The summed E-state index contributed by atoms with van der Waals surface area (Å²) in [4.78, 5) is 4.10. The first-order chi connectivity index (χ1) is 5.20. The summed E-state index contributed by atoms with van der Waals surface area (Å²) in [7, 11) is 0.